The third kappa shape index (κ3) is 56.2. The zero-order valence-corrected chi connectivity index (χ0v) is 46.1. The Kier molecular flexibility index (Phi) is 55.7. The number of carbonyl (C=O) groups is 3. The predicted molar refractivity (Wildman–Crippen MR) is 298 cm³/mol. The summed E-state index contributed by atoms with van der Waals surface area (Å²) in [7, 11) is 0. The Morgan fingerprint density at radius 3 is 0.826 bits per heavy atom. The molecule has 69 heavy (non-hydrogen) atoms. The van der Waals surface area contributed by atoms with Gasteiger partial charge in [0.05, 0.1) is 0 Å². The Hall–Kier alpha value is -2.63. The van der Waals surface area contributed by atoms with Gasteiger partial charge >= 0.3 is 17.9 Å². The SMILES string of the molecule is CCCCCCC/C=C\C/C=C\C/C=C\CCCCCCCCCCCCCCCCC(=O)OCC(COC(=O)CCCCCCC)OC(=O)CCCCCCCCC/C=C\CCCCCCCC. The summed E-state index contributed by atoms with van der Waals surface area (Å²) >= 11 is 0. The highest BCUT2D eigenvalue weighted by atomic mass is 16.6. The summed E-state index contributed by atoms with van der Waals surface area (Å²) < 4.78 is 16.7. The summed E-state index contributed by atoms with van der Waals surface area (Å²) in [5.41, 5.74) is 0. The first kappa shape index (κ1) is 66.4. The molecule has 0 aromatic rings. The number of carbonyl (C=O) groups excluding carboxylic acids is 3. The number of rotatable bonds is 55. The third-order valence-electron chi connectivity index (χ3n) is 13.3. The topological polar surface area (TPSA) is 78.9 Å². The van der Waals surface area contributed by atoms with Crippen LogP contribution in [0.5, 0.6) is 0 Å². The molecule has 1 atom stereocenters. The van der Waals surface area contributed by atoms with E-state index in [0.717, 1.165) is 77.0 Å². The molecule has 0 rings (SSSR count). The van der Waals surface area contributed by atoms with Gasteiger partial charge in [0.25, 0.3) is 0 Å². The lowest BCUT2D eigenvalue weighted by Crippen LogP contribution is -2.30. The van der Waals surface area contributed by atoms with Gasteiger partial charge in [-0.3, -0.25) is 14.4 Å². The third-order valence-corrected chi connectivity index (χ3v) is 13.3. The second-order valence-corrected chi connectivity index (χ2v) is 20.3. The predicted octanol–water partition coefficient (Wildman–Crippen LogP) is 20.2. The number of ether oxygens (including phenoxy) is 3. The van der Waals surface area contributed by atoms with Crippen LogP contribution in [0.2, 0.25) is 0 Å². The van der Waals surface area contributed by atoms with Crippen LogP contribution in [0.1, 0.15) is 316 Å². The molecule has 0 aromatic carbocycles. The smallest absolute Gasteiger partial charge is 0.306 e. The van der Waals surface area contributed by atoms with Gasteiger partial charge in [0.15, 0.2) is 6.10 Å². The van der Waals surface area contributed by atoms with Crippen LogP contribution in [0, 0.1) is 0 Å². The van der Waals surface area contributed by atoms with E-state index < -0.39 is 6.10 Å². The highest BCUT2D eigenvalue weighted by molar-refractivity contribution is 5.71. The molecule has 402 valence electrons. The Balaban J connectivity index is 4.00. The van der Waals surface area contributed by atoms with Gasteiger partial charge in [0.1, 0.15) is 13.2 Å². The van der Waals surface area contributed by atoms with Gasteiger partial charge in [-0.15, -0.1) is 0 Å². The van der Waals surface area contributed by atoms with Crippen molar-refractivity contribution in [2.75, 3.05) is 13.2 Å². The monoisotopic (exact) mass is 967 g/mol. The fourth-order valence-corrected chi connectivity index (χ4v) is 8.74. The van der Waals surface area contributed by atoms with Crippen molar-refractivity contribution in [3.05, 3.63) is 48.6 Å². The molecule has 0 saturated carbocycles. The molecule has 0 heterocycles. The zero-order valence-electron chi connectivity index (χ0n) is 46.1. The number of unbranched alkanes of at least 4 members (excludes halogenated alkanes) is 36. The molecule has 0 aliphatic heterocycles. The molecule has 0 spiro atoms. The maximum Gasteiger partial charge on any atom is 0.306 e. The second-order valence-electron chi connectivity index (χ2n) is 20.3. The van der Waals surface area contributed by atoms with Crippen molar-refractivity contribution in [2.45, 2.75) is 322 Å². The van der Waals surface area contributed by atoms with Crippen LogP contribution in [0.3, 0.4) is 0 Å². The van der Waals surface area contributed by atoms with E-state index in [1.165, 1.54) is 199 Å². The minimum Gasteiger partial charge on any atom is -0.462 e. The van der Waals surface area contributed by atoms with E-state index >= 15 is 0 Å². The van der Waals surface area contributed by atoms with Gasteiger partial charge in [-0.05, 0) is 83.5 Å². The van der Waals surface area contributed by atoms with E-state index in [2.05, 4.69) is 69.4 Å². The van der Waals surface area contributed by atoms with E-state index in [4.69, 9.17) is 14.2 Å². The van der Waals surface area contributed by atoms with Gasteiger partial charge in [-0.2, -0.15) is 0 Å². The zero-order chi connectivity index (χ0) is 50.0. The summed E-state index contributed by atoms with van der Waals surface area (Å²) in [6, 6.07) is 0. The van der Waals surface area contributed by atoms with E-state index in [-0.39, 0.29) is 31.1 Å². The van der Waals surface area contributed by atoms with Crippen LogP contribution >= 0.6 is 0 Å². The first-order valence-electron chi connectivity index (χ1n) is 30.1. The van der Waals surface area contributed by atoms with Crippen molar-refractivity contribution in [3.8, 4) is 0 Å². The van der Waals surface area contributed by atoms with Crippen LogP contribution < -0.4 is 0 Å². The second kappa shape index (κ2) is 57.9. The van der Waals surface area contributed by atoms with E-state index in [0.29, 0.717) is 19.3 Å². The molecule has 0 aliphatic rings. The van der Waals surface area contributed by atoms with Crippen molar-refractivity contribution >= 4 is 17.9 Å². The first-order valence-corrected chi connectivity index (χ1v) is 30.1. The fraction of sp³-hybridized carbons (Fsp3) is 0.825. The lowest BCUT2D eigenvalue weighted by atomic mass is 10.0. The maximum absolute atomic E-state index is 12.8. The normalized spacial score (nSPS) is 12.3. The molecule has 6 nitrogen and oxygen atoms in total. The molecule has 6 heteroatoms. The van der Waals surface area contributed by atoms with Crippen molar-refractivity contribution in [2.24, 2.45) is 0 Å². The Labute approximate surface area is 428 Å². The minimum absolute atomic E-state index is 0.0729. The molecule has 0 N–H and O–H groups in total. The number of allylic oxidation sites excluding steroid dienone is 8. The fourth-order valence-electron chi connectivity index (χ4n) is 8.74. The highest BCUT2D eigenvalue weighted by Crippen LogP contribution is 2.16. The van der Waals surface area contributed by atoms with Crippen LogP contribution in [0.25, 0.3) is 0 Å². The lowest BCUT2D eigenvalue weighted by molar-refractivity contribution is -0.167. The summed E-state index contributed by atoms with van der Waals surface area (Å²) in [6.45, 7) is 6.57. The van der Waals surface area contributed by atoms with Gasteiger partial charge in [0.2, 0.25) is 0 Å². The highest BCUT2D eigenvalue weighted by Gasteiger charge is 2.19. The number of esters is 3. The first-order chi connectivity index (χ1) is 34.0. The molecule has 1 unspecified atom stereocenters. The molecule has 0 saturated heterocycles. The Morgan fingerprint density at radius 1 is 0.290 bits per heavy atom. The molecular weight excluding hydrogens is 853 g/mol. The molecule has 0 aliphatic carbocycles. The van der Waals surface area contributed by atoms with E-state index in [1.54, 1.807) is 0 Å². The van der Waals surface area contributed by atoms with Crippen molar-refractivity contribution < 1.29 is 28.6 Å². The largest absolute Gasteiger partial charge is 0.462 e. The van der Waals surface area contributed by atoms with Gasteiger partial charge in [-0.25, -0.2) is 0 Å². The van der Waals surface area contributed by atoms with Crippen molar-refractivity contribution in [1.29, 1.82) is 0 Å². The molecule has 0 aromatic heterocycles. The summed E-state index contributed by atoms with van der Waals surface area (Å²) in [6.07, 6.45) is 71.6. The van der Waals surface area contributed by atoms with E-state index in [1.807, 2.05) is 0 Å². The standard InChI is InChI=1S/C63H114O6/c1-4-7-10-13-15-17-19-21-23-25-26-27-28-29-30-31-32-33-34-35-36-38-39-41-43-45-47-50-53-56-62(65)68-59-60(58-67-61(64)55-52-49-12-9-6-3)69-63(66)57-54-51-48-46-44-42-40-37-24-22-20-18-16-14-11-8-5-2/h19,21-22,24-26,28-29,60H,4-18,20,23,27,30-59H2,1-3H3/b21-19-,24-22-,26-25-,29-28-. The van der Waals surface area contributed by atoms with Crippen LogP contribution in [-0.2, 0) is 28.6 Å². The molecule has 0 radical (unpaired) electrons. The lowest BCUT2D eigenvalue weighted by Gasteiger charge is -2.18. The number of hydrogen-bond donors (Lipinski definition) is 0. The maximum atomic E-state index is 12.8. The molecule has 0 amide bonds. The van der Waals surface area contributed by atoms with Crippen LogP contribution in [0.4, 0.5) is 0 Å². The average Bonchev–Trinajstić information content (AvgIpc) is 3.35. The van der Waals surface area contributed by atoms with Crippen LogP contribution in [-0.4, -0.2) is 37.2 Å². The average molecular weight is 968 g/mol. The summed E-state index contributed by atoms with van der Waals surface area (Å²) in [4.78, 5) is 37.8. The molecule has 0 bridgehead atoms. The summed E-state index contributed by atoms with van der Waals surface area (Å²) in [5.74, 6) is -0.879. The molecular formula is C63H114O6. The minimum atomic E-state index is -0.770. The Bertz CT molecular complexity index is 1200. The summed E-state index contributed by atoms with van der Waals surface area (Å²) in [5, 5.41) is 0. The van der Waals surface area contributed by atoms with Gasteiger partial charge in [0, 0.05) is 19.3 Å². The van der Waals surface area contributed by atoms with Crippen molar-refractivity contribution in [1.82, 2.24) is 0 Å². The number of hydrogen-bond acceptors (Lipinski definition) is 6. The molecule has 0 fully saturated rings. The van der Waals surface area contributed by atoms with E-state index in [9.17, 15) is 14.4 Å². The van der Waals surface area contributed by atoms with Crippen molar-refractivity contribution in [3.63, 3.8) is 0 Å². The van der Waals surface area contributed by atoms with Gasteiger partial charge in [-0.1, -0.05) is 262 Å². The van der Waals surface area contributed by atoms with Crippen LogP contribution in [0.15, 0.2) is 48.6 Å². The van der Waals surface area contributed by atoms with Gasteiger partial charge < -0.3 is 14.2 Å². The quantitative estimate of drug-likeness (QED) is 0.0262. The Morgan fingerprint density at radius 2 is 0.522 bits per heavy atom.